The van der Waals surface area contributed by atoms with Gasteiger partial charge < -0.3 is 10.3 Å². The maximum absolute atomic E-state index is 12.2. The van der Waals surface area contributed by atoms with Crippen LogP contribution in [0.4, 0.5) is 5.82 Å². The van der Waals surface area contributed by atoms with Crippen LogP contribution in [0.1, 0.15) is 38.8 Å². The molecule has 1 fully saturated rings. The van der Waals surface area contributed by atoms with Gasteiger partial charge in [0, 0.05) is 13.0 Å². The first-order valence-corrected chi connectivity index (χ1v) is 7.30. The van der Waals surface area contributed by atoms with Gasteiger partial charge in [0.1, 0.15) is 5.82 Å². The lowest BCUT2D eigenvalue weighted by atomic mass is 9.89. The summed E-state index contributed by atoms with van der Waals surface area (Å²) in [5, 5.41) is 0. The van der Waals surface area contributed by atoms with Crippen molar-refractivity contribution in [2.45, 2.75) is 39.7 Å². The van der Waals surface area contributed by atoms with E-state index >= 15 is 0 Å². The Balaban J connectivity index is 2.02. The number of nitrogens with one attached hydrogen (secondary N) is 1. The van der Waals surface area contributed by atoms with Gasteiger partial charge in [0.05, 0.1) is 12.2 Å². The first kappa shape index (κ1) is 14.8. The highest BCUT2D eigenvalue weighted by molar-refractivity contribution is 5.76. The molecule has 2 heterocycles. The van der Waals surface area contributed by atoms with Crippen LogP contribution in [0.15, 0.2) is 18.2 Å². The van der Waals surface area contributed by atoms with Crippen molar-refractivity contribution in [3.63, 3.8) is 0 Å². The lowest BCUT2D eigenvalue weighted by Gasteiger charge is -2.21. The van der Waals surface area contributed by atoms with Crippen molar-refractivity contribution in [2.75, 3.05) is 12.0 Å². The van der Waals surface area contributed by atoms with Crippen LogP contribution in [-0.2, 0) is 11.3 Å². The maximum Gasteiger partial charge on any atom is 0.222 e. The molecule has 1 amide bonds. The summed E-state index contributed by atoms with van der Waals surface area (Å²) in [7, 11) is 0. The SMILES string of the molecule is CC(C)C1CCC(=O)N(Cc2cccc(NN)n2)CC1. The molecule has 2 rings (SSSR count). The van der Waals surface area contributed by atoms with Gasteiger partial charge in [0.2, 0.25) is 5.91 Å². The number of nitrogens with zero attached hydrogens (tertiary/aromatic N) is 2. The Bertz CT molecular complexity index is 461. The van der Waals surface area contributed by atoms with Gasteiger partial charge >= 0.3 is 0 Å². The van der Waals surface area contributed by atoms with Gasteiger partial charge in [-0.05, 0) is 36.8 Å². The molecular formula is C15H24N4O. The lowest BCUT2D eigenvalue weighted by molar-refractivity contribution is -0.131. The van der Waals surface area contributed by atoms with E-state index in [1.807, 2.05) is 23.1 Å². The monoisotopic (exact) mass is 276 g/mol. The summed E-state index contributed by atoms with van der Waals surface area (Å²) >= 11 is 0. The third-order valence-electron chi connectivity index (χ3n) is 4.10. The third-order valence-corrected chi connectivity index (χ3v) is 4.10. The number of anilines is 1. The van der Waals surface area contributed by atoms with Gasteiger partial charge in [-0.1, -0.05) is 19.9 Å². The molecule has 110 valence electrons. The molecule has 0 aliphatic carbocycles. The number of aromatic nitrogens is 1. The van der Waals surface area contributed by atoms with E-state index in [1.54, 1.807) is 0 Å². The molecule has 1 aliphatic heterocycles. The topological polar surface area (TPSA) is 71.2 Å². The number of nitrogens with two attached hydrogens (primary N) is 1. The molecule has 0 bridgehead atoms. The van der Waals surface area contributed by atoms with Gasteiger partial charge in [-0.3, -0.25) is 4.79 Å². The van der Waals surface area contributed by atoms with E-state index in [1.165, 1.54) is 0 Å². The summed E-state index contributed by atoms with van der Waals surface area (Å²) in [5.41, 5.74) is 3.41. The predicted octanol–water partition coefficient (Wildman–Crippen LogP) is 2.15. The molecule has 1 unspecified atom stereocenters. The number of hydrogen-bond donors (Lipinski definition) is 2. The van der Waals surface area contributed by atoms with E-state index in [9.17, 15) is 4.79 Å². The van der Waals surface area contributed by atoms with Gasteiger partial charge in [0.15, 0.2) is 0 Å². The number of hydrogen-bond acceptors (Lipinski definition) is 4. The van der Waals surface area contributed by atoms with E-state index in [-0.39, 0.29) is 5.91 Å². The molecule has 5 nitrogen and oxygen atoms in total. The minimum absolute atomic E-state index is 0.237. The molecule has 1 aliphatic rings. The molecule has 1 aromatic rings. The largest absolute Gasteiger partial charge is 0.337 e. The summed E-state index contributed by atoms with van der Waals surface area (Å²) in [5.74, 6) is 7.52. The fourth-order valence-electron chi connectivity index (χ4n) is 2.74. The van der Waals surface area contributed by atoms with Crippen LogP contribution in [0.25, 0.3) is 0 Å². The molecule has 3 N–H and O–H groups in total. The zero-order chi connectivity index (χ0) is 14.5. The first-order valence-electron chi connectivity index (χ1n) is 7.30. The zero-order valence-corrected chi connectivity index (χ0v) is 12.3. The molecule has 1 aromatic heterocycles. The Kier molecular flexibility index (Phi) is 4.95. The fourth-order valence-corrected chi connectivity index (χ4v) is 2.74. The molecule has 0 saturated carbocycles. The van der Waals surface area contributed by atoms with Gasteiger partial charge in [0.25, 0.3) is 0 Å². The quantitative estimate of drug-likeness (QED) is 0.653. The van der Waals surface area contributed by atoms with Gasteiger partial charge in [-0.15, -0.1) is 0 Å². The average Bonchev–Trinajstić information content (AvgIpc) is 2.62. The molecule has 0 spiro atoms. The summed E-state index contributed by atoms with van der Waals surface area (Å²) in [6, 6.07) is 5.64. The lowest BCUT2D eigenvalue weighted by Crippen LogP contribution is -2.30. The number of rotatable bonds is 4. The summed E-state index contributed by atoms with van der Waals surface area (Å²) in [6.07, 6.45) is 2.74. The van der Waals surface area contributed by atoms with Crippen molar-refractivity contribution < 1.29 is 4.79 Å². The minimum atomic E-state index is 0.237. The second kappa shape index (κ2) is 6.70. The van der Waals surface area contributed by atoms with Crippen LogP contribution in [0.3, 0.4) is 0 Å². The Morgan fingerprint density at radius 2 is 2.25 bits per heavy atom. The number of amides is 1. The van der Waals surface area contributed by atoms with Crippen LogP contribution in [0.5, 0.6) is 0 Å². The number of carbonyl (C=O) groups is 1. The van der Waals surface area contributed by atoms with Crippen LogP contribution in [0.2, 0.25) is 0 Å². The zero-order valence-electron chi connectivity index (χ0n) is 12.3. The second-order valence-electron chi connectivity index (χ2n) is 5.81. The number of carbonyl (C=O) groups excluding carboxylic acids is 1. The smallest absolute Gasteiger partial charge is 0.222 e. The Morgan fingerprint density at radius 3 is 2.95 bits per heavy atom. The van der Waals surface area contributed by atoms with Crippen molar-refractivity contribution >= 4 is 11.7 Å². The van der Waals surface area contributed by atoms with E-state index in [0.29, 0.717) is 30.6 Å². The summed E-state index contributed by atoms with van der Waals surface area (Å²) in [6.45, 7) is 5.87. The van der Waals surface area contributed by atoms with E-state index in [0.717, 1.165) is 25.1 Å². The van der Waals surface area contributed by atoms with E-state index < -0.39 is 0 Å². The highest BCUT2D eigenvalue weighted by atomic mass is 16.2. The highest BCUT2D eigenvalue weighted by Gasteiger charge is 2.24. The first-order chi connectivity index (χ1) is 9.60. The van der Waals surface area contributed by atoms with Crippen LogP contribution in [0, 0.1) is 11.8 Å². The van der Waals surface area contributed by atoms with Gasteiger partial charge in [-0.25, -0.2) is 10.8 Å². The van der Waals surface area contributed by atoms with Crippen LogP contribution < -0.4 is 11.3 Å². The molecular weight excluding hydrogens is 252 g/mol. The summed E-state index contributed by atoms with van der Waals surface area (Å²) < 4.78 is 0. The molecule has 5 heteroatoms. The minimum Gasteiger partial charge on any atom is -0.337 e. The van der Waals surface area contributed by atoms with E-state index in [4.69, 9.17) is 5.84 Å². The Hall–Kier alpha value is -1.62. The van der Waals surface area contributed by atoms with Crippen molar-refractivity contribution in [1.29, 1.82) is 0 Å². The fraction of sp³-hybridized carbons (Fsp3) is 0.600. The molecule has 1 saturated heterocycles. The molecule has 20 heavy (non-hydrogen) atoms. The summed E-state index contributed by atoms with van der Waals surface area (Å²) in [4.78, 5) is 18.5. The number of likely N-dealkylation sites (tertiary alicyclic amines) is 1. The normalized spacial score (nSPS) is 20.1. The molecule has 1 atom stereocenters. The van der Waals surface area contributed by atoms with Crippen LogP contribution in [-0.4, -0.2) is 22.3 Å². The molecule has 0 radical (unpaired) electrons. The second-order valence-corrected chi connectivity index (χ2v) is 5.81. The van der Waals surface area contributed by atoms with Crippen LogP contribution >= 0.6 is 0 Å². The average molecular weight is 276 g/mol. The Morgan fingerprint density at radius 1 is 1.45 bits per heavy atom. The van der Waals surface area contributed by atoms with Crippen molar-refractivity contribution in [2.24, 2.45) is 17.7 Å². The van der Waals surface area contributed by atoms with E-state index in [2.05, 4.69) is 24.3 Å². The standard InChI is InChI=1S/C15H24N4O/c1-11(2)12-6-7-15(20)19(9-8-12)10-13-4-3-5-14(17-13)18-16/h3-5,11-12H,6-10,16H2,1-2H3,(H,17,18). The predicted molar refractivity (Wildman–Crippen MR) is 79.6 cm³/mol. The highest BCUT2D eigenvalue weighted by Crippen LogP contribution is 2.25. The third kappa shape index (κ3) is 3.70. The maximum atomic E-state index is 12.2. The van der Waals surface area contributed by atoms with Crippen molar-refractivity contribution in [3.05, 3.63) is 23.9 Å². The van der Waals surface area contributed by atoms with Crippen molar-refractivity contribution in [1.82, 2.24) is 9.88 Å². The Labute approximate surface area is 120 Å². The van der Waals surface area contributed by atoms with Crippen molar-refractivity contribution in [3.8, 4) is 0 Å². The van der Waals surface area contributed by atoms with Gasteiger partial charge in [-0.2, -0.15) is 0 Å². The number of pyridine rings is 1. The number of hydrazine groups is 1. The number of nitrogen functional groups attached to an aromatic ring is 1. The molecule has 0 aromatic carbocycles.